The molecule has 0 bridgehead atoms. The monoisotopic (exact) mass is 248 g/mol. The van der Waals surface area contributed by atoms with Crippen LogP contribution >= 0.6 is 11.6 Å². The molecule has 17 heavy (non-hydrogen) atoms. The molecule has 0 amide bonds. The maximum atomic E-state index is 6.28. The van der Waals surface area contributed by atoms with Gasteiger partial charge in [0.1, 0.15) is 0 Å². The average Bonchev–Trinajstić information content (AvgIpc) is 2.48. The second kappa shape index (κ2) is 5.73. The van der Waals surface area contributed by atoms with Crippen LogP contribution in [0.2, 0.25) is 0 Å². The summed E-state index contributed by atoms with van der Waals surface area (Å²) in [6.07, 6.45) is 8.28. The van der Waals surface area contributed by atoms with Gasteiger partial charge in [0.25, 0.3) is 0 Å². The van der Waals surface area contributed by atoms with Gasteiger partial charge in [-0.05, 0) is 50.7 Å². The lowest BCUT2D eigenvalue weighted by atomic mass is 9.96. The molecule has 1 atom stereocenters. The highest BCUT2D eigenvalue weighted by atomic mass is 35.5. The fourth-order valence-electron chi connectivity index (χ4n) is 2.50. The smallest absolute Gasteiger partial charge is 0.0518 e. The largest absolute Gasteiger partial charge is 0.118 e. The molecule has 1 aromatic carbocycles. The first-order valence-electron chi connectivity index (χ1n) is 6.55. The molecule has 1 aromatic rings. The first-order valence-corrected chi connectivity index (χ1v) is 6.98. The van der Waals surface area contributed by atoms with Crippen LogP contribution in [0.25, 0.3) is 0 Å². The lowest BCUT2D eigenvalue weighted by molar-refractivity contribution is 0.709. The Kier molecular flexibility index (Phi) is 4.28. The third-order valence-electron chi connectivity index (χ3n) is 3.57. The van der Waals surface area contributed by atoms with E-state index in [0.29, 0.717) is 0 Å². The summed E-state index contributed by atoms with van der Waals surface area (Å²) in [4.78, 5) is 0. The fourth-order valence-corrected chi connectivity index (χ4v) is 2.83. The van der Waals surface area contributed by atoms with Crippen LogP contribution in [0.3, 0.4) is 0 Å². The number of aryl methyl sites for hydroxylation is 2. The molecule has 0 spiro atoms. The highest BCUT2D eigenvalue weighted by Gasteiger charge is 2.10. The topological polar surface area (TPSA) is 0 Å². The number of alkyl halides is 1. The summed E-state index contributed by atoms with van der Waals surface area (Å²) in [6.45, 7) is 4.36. The number of allylic oxidation sites excluding steroid dienone is 2. The van der Waals surface area contributed by atoms with E-state index in [-0.39, 0.29) is 5.38 Å². The van der Waals surface area contributed by atoms with Gasteiger partial charge in [-0.15, -0.1) is 11.6 Å². The van der Waals surface area contributed by atoms with Crippen LogP contribution in [0.1, 0.15) is 42.4 Å². The standard InChI is InChI=1S/C16H21Cl/c1-12-7-8-13(2)15(9-12)10-14-5-3-4-6-16(17)11-14/h7-9,11,16H,3-6,10H2,1-2H3. The Balaban J connectivity index is 2.16. The van der Waals surface area contributed by atoms with E-state index in [1.165, 1.54) is 41.5 Å². The molecule has 1 unspecified atom stereocenters. The first kappa shape index (κ1) is 12.7. The molecule has 0 N–H and O–H groups in total. The molecule has 1 aliphatic rings. The highest BCUT2D eigenvalue weighted by molar-refractivity contribution is 6.21. The summed E-state index contributed by atoms with van der Waals surface area (Å²) in [5.74, 6) is 0. The van der Waals surface area contributed by atoms with Gasteiger partial charge in [0.2, 0.25) is 0 Å². The summed E-state index contributed by atoms with van der Waals surface area (Å²) in [5, 5.41) is 0.248. The summed E-state index contributed by atoms with van der Waals surface area (Å²) in [7, 11) is 0. The van der Waals surface area contributed by atoms with Crippen molar-refractivity contribution in [2.24, 2.45) is 0 Å². The maximum absolute atomic E-state index is 6.28. The van der Waals surface area contributed by atoms with E-state index < -0.39 is 0 Å². The van der Waals surface area contributed by atoms with Crippen molar-refractivity contribution in [1.82, 2.24) is 0 Å². The van der Waals surface area contributed by atoms with Gasteiger partial charge < -0.3 is 0 Å². The number of hydrogen-bond acceptors (Lipinski definition) is 0. The van der Waals surface area contributed by atoms with Gasteiger partial charge in [-0.25, -0.2) is 0 Å². The number of benzene rings is 1. The molecule has 1 heteroatoms. The van der Waals surface area contributed by atoms with Gasteiger partial charge in [-0.1, -0.05) is 41.8 Å². The molecule has 0 saturated carbocycles. The molecule has 2 rings (SSSR count). The van der Waals surface area contributed by atoms with Crippen LogP contribution in [0.15, 0.2) is 29.8 Å². The second-order valence-corrected chi connectivity index (χ2v) is 5.75. The van der Waals surface area contributed by atoms with E-state index in [0.717, 1.165) is 12.8 Å². The minimum absolute atomic E-state index is 0.248. The van der Waals surface area contributed by atoms with Crippen LogP contribution in [-0.4, -0.2) is 5.38 Å². The average molecular weight is 249 g/mol. The van der Waals surface area contributed by atoms with E-state index in [9.17, 15) is 0 Å². The highest BCUT2D eigenvalue weighted by Crippen LogP contribution is 2.25. The van der Waals surface area contributed by atoms with Crippen molar-refractivity contribution in [3.8, 4) is 0 Å². The van der Waals surface area contributed by atoms with Gasteiger partial charge in [0.15, 0.2) is 0 Å². The van der Waals surface area contributed by atoms with Crippen molar-refractivity contribution < 1.29 is 0 Å². The third-order valence-corrected chi connectivity index (χ3v) is 3.91. The van der Waals surface area contributed by atoms with E-state index in [2.05, 4.69) is 38.1 Å². The SMILES string of the molecule is Cc1ccc(C)c(CC2=CC(Cl)CCCC2)c1. The van der Waals surface area contributed by atoms with Crippen LogP contribution < -0.4 is 0 Å². The number of rotatable bonds is 2. The normalized spacial score (nSPS) is 20.9. The van der Waals surface area contributed by atoms with Gasteiger partial charge in [0.05, 0.1) is 5.38 Å². The van der Waals surface area contributed by atoms with Gasteiger partial charge in [-0.3, -0.25) is 0 Å². The molecule has 0 fully saturated rings. The summed E-state index contributed by atoms with van der Waals surface area (Å²) in [6, 6.07) is 6.72. The third kappa shape index (κ3) is 3.61. The zero-order valence-corrected chi connectivity index (χ0v) is 11.6. The molecule has 0 saturated heterocycles. The summed E-state index contributed by atoms with van der Waals surface area (Å²) in [5.41, 5.74) is 5.73. The molecular formula is C16H21Cl. The molecule has 92 valence electrons. The predicted molar refractivity (Wildman–Crippen MR) is 75.8 cm³/mol. The Morgan fingerprint density at radius 3 is 2.88 bits per heavy atom. The molecular weight excluding hydrogens is 228 g/mol. The molecule has 1 aliphatic carbocycles. The van der Waals surface area contributed by atoms with Crippen molar-refractivity contribution in [2.45, 2.75) is 51.3 Å². The maximum Gasteiger partial charge on any atom is 0.0518 e. The fraction of sp³-hybridized carbons (Fsp3) is 0.500. The van der Waals surface area contributed by atoms with Crippen molar-refractivity contribution in [1.29, 1.82) is 0 Å². The Morgan fingerprint density at radius 2 is 2.06 bits per heavy atom. The Labute approximate surface area is 110 Å². The quantitative estimate of drug-likeness (QED) is 0.513. The van der Waals surface area contributed by atoms with E-state index in [1.54, 1.807) is 0 Å². The van der Waals surface area contributed by atoms with Crippen molar-refractivity contribution >= 4 is 11.6 Å². The van der Waals surface area contributed by atoms with Crippen molar-refractivity contribution in [3.63, 3.8) is 0 Å². The van der Waals surface area contributed by atoms with Crippen LogP contribution in [-0.2, 0) is 6.42 Å². The molecule has 0 aliphatic heterocycles. The number of halogens is 1. The van der Waals surface area contributed by atoms with Gasteiger partial charge in [0, 0.05) is 0 Å². The zero-order valence-electron chi connectivity index (χ0n) is 10.8. The predicted octanol–water partition coefficient (Wildman–Crippen LogP) is 4.95. The van der Waals surface area contributed by atoms with Crippen LogP contribution in [0, 0.1) is 13.8 Å². The Hall–Kier alpha value is -0.750. The molecule has 0 heterocycles. The van der Waals surface area contributed by atoms with Crippen molar-refractivity contribution in [3.05, 3.63) is 46.5 Å². The minimum Gasteiger partial charge on any atom is -0.118 e. The Morgan fingerprint density at radius 1 is 1.24 bits per heavy atom. The van der Waals surface area contributed by atoms with E-state index in [1.807, 2.05) is 0 Å². The van der Waals surface area contributed by atoms with E-state index in [4.69, 9.17) is 11.6 Å². The molecule has 0 nitrogen and oxygen atoms in total. The summed E-state index contributed by atoms with van der Waals surface area (Å²) < 4.78 is 0. The molecule has 0 radical (unpaired) electrons. The van der Waals surface area contributed by atoms with Gasteiger partial charge in [-0.2, -0.15) is 0 Å². The zero-order chi connectivity index (χ0) is 12.3. The Bertz CT molecular complexity index is 418. The van der Waals surface area contributed by atoms with Crippen LogP contribution in [0.5, 0.6) is 0 Å². The lowest BCUT2D eigenvalue weighted by Gasteiger charge is -2.10. The lowest BCUT2D eigenvalue weighted by Crippen LogP contribution is -1.97. The molecule has 0 aromatic heterocycles. The number of hydrogen-bond donors (Lipinski definition) is 0. The second-order valence-electron chi connectivity index (χ2n) is 5.19. The van der Waals surface area contributed by atoms with Crippen molar-refractivity contribution in [2.75, 3.05) is 0 Å². The van der Waals surface area contributed by atoms with Gasteiger partial charge >= 0.3 is 0 Å². The van der Waals surface area contributed by atoms with Crippen LogP contribution in [0.4, 0.5) is 0 Å². The van der Waals surface area contributed by atoms with E-state index >= 15 is 0 Å². The minimum atomic E-state index is 0.248. The first-order chi connectivity index (χ1) is 8.15. The summed E-state index contributed by atoms with van der Waals surface area (Å²) >= 11 is 6.28.